The van der Waals surface area contributed by atoms with Crippen LogP contribution in [0.3, 0.4) is 0 Å². The van der Waals surface area contributed by atoms with Crippen molar-refractivity contribution in [2.45, 2.75) is 18.1 Å². The Labute approximate surface area is 120 Å². The molecule has 0 saturated heterocycles. The second-order valence-electron chi connectivity index (χ2n) is 4.49. The van der Waals surface area contributed by atoms with Crippen molar-refractivity contribution >= 4 is 9.84 Å². The van der Waals surface area contributed by atoms with Gasteiger partial charge in [-0.1, -0.05) is 6.07 Å². The summed E-state index contributed by atoms with van der Waals surface area (Å²) < 4.78 is 64.3. The molecule has 0 spiro atoms. The number of hydrogen-bond acceptors (Lipinski definition) is 3. The molecule has 2 aromatic rings. The van der Waals surface area contributed by atoms with Crippen LogP contribution in [0.25, 0.3) is 0 Å². The van der Waals surface area contributed by atoms with E-state index in [1.165, 1.54) is 23.0 Å². The summed E-state index contributed by atoms with van der Waals surface area (Å²) in [6.07, 6.45) is 1.45. The Morgan fingerprint density at radius 1 is 1.10 bits per heavy atom. The largest absolute Gasteiger partial charge is 0.270 e. The van der Waals surface area contributed by atoms with Crippen LogP contribution in [0.4, 0.5) is 13.2 Å². The van der Waals surface area contributed by atoms with Gasteiger partial charge in [0, 0.05) is 11.8 Å². The predicted molar refractivity (Wildman–Crippen MR) is 70.9 cm³/mol. The van der Waals surface area contributed by atoms with Crippen LogP contribution in [0.1, 0.15) is 11.3 Å². The molecule has 0 fully saturated rings. The zero-order valence-electron chi connectivity index (χ0n) is 11.0. The Hall–Kier alpha value is -1.83. The molecule has 0 saturated carbocycles. The molecule has 0 aliphatic rings. The standard InChI is InChI=1S/C13H13F3N2O2S/c14-5-7-18-6-4-10(17-18)8-21(19,20)9-11-12(15)2-1-3-13(11)16/h1-4,6H,5,7-9H2. The molecule has 1 aromatic heterocycles. The molecule has 0 unspecified atom stereocenters. The van der Waals surface area contributed by atoms with Crippen LogP contribution in [-0.4, -0.2) is 24.9 Å². The van der Waals surface area contributed by atoms with E-state index in [1.807, 2.05) is 0 Å². The van der Waals surface area contributed by atoms with E-state index in [-0.39, 0.29) is 12.2 Å². The number of aromatic nitrogens is 2. The van der Waals surface area contributed by atoms with Gasteiger partial charge in [-0.2, -0.15) is 5.10 Å². The number of sulfone groups is 1. The average molecular weight is 318 g/mol. The zero-order valence-corrected chi connectivity index (χ0v) is 11.8. The molecule has 0 radical (unpaired) electrons. The van der Waals surface area contributed by atoms with E-state index < -0.39 is 45.2 Å². The van der Waals surface area contributed by atoms with Crippen LogP contribution in [0.5, 0.6) is 0 Å². The number of benzene rings is 1. The number of aryl methyl sites for hydroxylation is 1. The average Bonchev–Trinajstić information content (AvgIpc) is 2.81. The summed E-state index contributed by atoms with van der Waals surface area (Å²) in [7, 11) is -3.78. The molecular weight excluding hydrogens is 305 g/mol. The van der Waals surface area contributed by atoms with Crippen molar-refractivity contribution in [3.05, 3.63) is 53.4 Å². The molecule has 4 nitrogen and oxygen atoms in total. The molecule has 21 heavy (non-hydrogen) atoms. The second-order valence-corrected chi connectivity index (χ2v) is 6.56. The highest BCUT2D eigenvalue weighted by atomic mass is 32.2. The molecule has 0 N–H and O–H groups in total. The van der Waals surface area contributed by atoms with Gasteiger partial charge < -0.3 is 0 Å². The quantitative estimate of drug-likeness (QED) is 0.821. The topological polar surface area (TPSA) is 52.0 Å². The van der Waals surface area contributed by atoms with Gasteiger partial charge in [-0.15, -0.1) is 0 Å². The normalized spacial score (nSPS) is 11.8. The van der Waals surface area contributed by atoms with Crippen LogP contribution in [-0.2, 0) is 27.9 Å². The first-order valence-electron chi connectivity index (χ1n) is 6.13. The molecular formula is C13H13F3N2O2S. The Balaban J connectivity index is 2.15. The van der Waals surface area contributed by atoms with Gasteiger partial charge in [-0.05, 0) is 18.2 Å². The molecule has 0 bridgehead atoms. The lowest BCUT2D eigenvalue weighted by molar-refractivity contribution is 0.426. The zero-order chi connectivity index (χ0) is 15.5. The fourth-order valence-electron chi connectivity index (χ4n) is 1.86. The van der Waals surface area contributed by atoms with Gasteiger partial charge in [0.05, 0.1) is 23.7 Å². The fourth-order valence-corrected chi connectivity index (χ4v) is 3.28. The monoisotopic (exact) mass is 318 g/mol. The van der Waals surface area contributed by atoms with Gasteiger partial charge in [0.2, 0.25) is 0 Å². The lowest BCUT2D eigenvalue weighted by Gasteiger charge is -2.05. The highest BCUT2D eigenvalue weighted by Gasteiger charge is 2.20. The SMILES string of the molecule is O=S(=O)(Cc1ccn(CCF)n1)Cc1c(F)cccc1F. The number of hydrogen-bond donors (Lipinski definition) is 0. The van der Waals surface area contributed by atoms with E-state index >= 15 is 0 Å². The first-order chi connectivity index (χ1) is 9.91. The van der Waals surface area contributed by atoms with Crippen LogP contribution in [0, 0.1) is 11.6 Å². The van der Waals surface area contributed by atoms with Crippen molar-refractivity contribution in [2.24, 2.45) is 0 Å². The minimum absolute atomic E-state index is 0.0298. The number of nitrogens with zero attached hydrogens (tertiary/aromatic N) is 2. The van der Waals surface area contributed by atoms with E-state index in [4.69, 9.17) is 0 Å². The van der Waals surface area contributed by atoms with Gasteiger partial charge in [0.25, 0.3) is 0 Å². The van der Waals surface area contributed by atoms with E-state index in [0.717, 1.165) is 12.1 Å². The summed E-state index contributed by atoms with van der Waals surface area (Å²) in [4.78, 5) is 0. The van der Waals surface area contributed by atoms with E-state index in [1.54, 1.807) is 0 Å². The van der Waals surface area contributed by atoms with Gasteiger partial charge in [0.1, 0.15) is 18.3 Å². The van der Waals surface area contributed by atoms with Crippen LogP contribution in [0.2, 0.25) is 0 Å². The highest BCUT2D eigenvalue weighted by molar-refractivity contribution is 7.89. The maximum atomic E-state index is 13.5. The predicted octanol–water partition coefficient (Wildman–Crippen LogP) is 2.25. The molecule has 0 atom stereocenters. The molecule has 8 heteroatoms. The minimum Gasteiger partial charge on any atom is -0.270 e. The number of halogens is 3. The molecule has 1 aromatic carbocycles. The van der Waals surface area contributed by atoms with Crippen molar-refractivity contribution in [2.75, 3.05) is 6.67 Å². The van der Waals surface area contributed by atoms with Crippen molar-refractivity contribution in [3.63, 3.8) is 0 Å². The third-order valence-electron chi connectivity index (χ3n) is 2.80. The third-order valence-corrected chi connectivity index (χ3v) is 4.27. The van der Waals surface area contributed by atoms with Crippen LogP contribution < -0.4 is 0 Å². The van der Waals surface area contributed by atoms with E-state index in [0.29, 0.717) is 0 Å². The molecule has 0 amide bonds. The molecule has 0 aliphatic carbocycles. The van der Waals surface area contributed by atoms with Crippen LogP contribution in [0.15, 0.2) is 30.5 Å². The Bertz CT molecular complexity index is 709. The lowest BCUT2D eigenvalue weighted by Crippen LogP contribution is -2.11. The summed E-state index contributed by atoms with van der Waals surface area (Å²) in [5, 5.41) is 3.88. The Morgan fingerprint density at radius 3 is 2.38 bits per heavy atom. The Kier molecular flexibility index (Phi) is 4.66. The maximum absolute atomic E-state index is 13.5. The summed E-state index contributed by atoms with van der Waals surface area (Å²) in [6.45, 7) is -0.587. The van der Waals surface area contributed by atoms with Gasteiger partial charge >= 0.3 is 0 Å². The summed E-state index contributed by atoms with van der Waals surface area (Å²) in [5.74, 6) is -3.01. The van der Waals surface area contributed by atoms with E-state index in [9.17, 15) is 21.6 Å². The molecule has 2 rings (SSSR count). The van der Waals surface area contributed by atoms with Crippen molar-refractivity contribution in [1.29, 1.82) is 0 Å². The summed E-state index contributed by atoms with van der Waals surface area (Å²) >= 11 is 0. The van der Waals surface area contributed by atoms with Gasteiger partial charge in [-0.3, -0.25) is 4.68 Å². The minimum atomic E-state index is -3.78. The third kappa shape index (κ3) is 4.07. The van der Waals surface area contributed by atoms with Crippen molar-refractivity contribution in [1.82, 2.24) is 9.78 Å². The van der Waals surface area contributed by atoms with E-state index in [2.05, 4.69) is 5.10 Å². The first-order valence-corrected chi connectivity index (χ1v) is 7.95. The van der Waals surface area contributed by atoms with Crippen LogP contribution >= 0.6 is 0 Å². The van der Waals surface area contributed by atoms with Gasteiger partial charge in [0.15, 0.2) is 9.84 Å². The maximum Gasteiger partial charge on any atom is 0.160 e. The molecule has 114 valence electrons. The van der Waals surface area contributed by atoms with Crippen molar-refractivity contribution < 1.29 is 21.6 Å². The number of alkyl halides is 1. The first kappa shape index (κ1) is 15.6. The van der Waals surface area contributed by atoms with Gasteiger partial charge in [-0.25, -0.2) is 21.6 Å². The van der Waals surface area contributed by atoms with Crippen molar-refractivity contribution in [3.8, 4) is 0 Å². The second kappa shape index (κ2) is 6.30. The smallest absolute Gasteiger partial charge is 0.160 e. The lowest BCUT2D eigenvalue weighted by atomic mass is 10.2. The molecule has 0 aliphatic heterocycles. The summed E-state index contributed by atoms with van der Waals surface area (Å²) in [6, 6.07) is 4.61. The fraction of sp³-hybridized carbons (Fsp3) is 0.308. The summed E-state index contributed by atoms with van der Waals surface area (Å²) in [5.41, 5.74) is -0.277. The number of rotatable bonds is 6. The highest BCUT2D eigenvalue weighted by Crippen LogP contribution is 2.17. The Morgan fingerprint density at radius 2 is 1.76 bits per heavy atom. The molecule has 1 heterocycles.